The molecule has 0 aliphatic rings. The first-order valence-corrected chi connectivity index (χ1v) is 10.1. The molecule has 140 valence electrons. The van der Waals surface area contributed by atoms with Gasteiger partial charge in [0, 0.05) is 17.1 Å². The number of fused-ring (bicyclic) bond motifs is 1. The fourth-order valence-electron chi connectivity index (χ4n) is 2.99. The molecule has 0 fully saturated rings. The number of aromatic amines is 1. The number of aromatic nitrogens is 1. The number of amides is 1. The molecule has 1 amide bonds. The minimum atomic E-state index is -3.86. The van der Waals surface area contributed by atoms with Crippen molar-refractivity contribution < 1.29 is 13.2 Å². The third kappa shape index (κ3) is 3.53. The van der Waals surface area contributed by atoms with Gasteiger partial charge in [0.15, 0.2) is 0 Å². The van der Waals surface area contributed by atoms with Gasteiger partial charge < -0.3 is 4.98 Å². The number of hydrogen-bond acceptors (Lipinski definition) is 3. The van der Waals surface area contributed by atoms with Gasteiger partial charge in [0.25, 0.3) is 15.9 Å². The number of carbonyl (C=O) groups is 1. The van der Waals surface area contributed by atoms with E-state index in [1.165, 1.54) is 12.1 Å². The normalized spacial score (nSPS) is 11.4. The number of carbonyl (C=O) groups excluding carboxylic acids is 1. The van der Waals surface area contributed by atoms with E-state index in [2.05, 4.69) is 15.2 Å². The fraction of sp³-hybridized carbons (Fsp3) is 0. The smallest absolute Gasteiger partial charge is 0.266 e. The minimum absolute atomic E-state index is 0.0696. The number of sulfonamides is 1. The van der Waals surface area contributed by atoms with Crippen LogP contribution in [0.25, 0.3) is 22.0 Å². The van der Waals surface area contributed by atoms with Gasteiger partial charge in [0.1, 0.15) is 0 Å². The number of hydrogen-bond donors (Lipinski definition) is 3. The van der Waals surface area contributed by atoms with Crippen LogP contribution in [0.15, 0.2) is 90.0 Å². The number of benzene rings is 3. The summed E-state index contributed by atoms with van der Waals surface area (Å²) in [6.07, 6.45) is 1.74. The average Bonchev–Trinajstić information content (AvgIpc) is 3.21. The van der Waals surface area contributed by atoms with Crippen molar-refractivity contribution in [2.45, 2.75) is 4.90 Å². The van der Waals surface area contributed by atoms with Gasteiger partial charge in [-0.3, -0.25) is 10.2 Å². The Labute approximate surface area is 162 Å². The van der Waals surface area contributed by atoms with E-state index < -0.39 is 15.9 Å². The van der Waals surface area contributed by atoms with Crippen LogP contribution in [-0.4, -0.2) is 19.3 Å². The zero-order valence-corrected chi connectivity index (χ0v) is 15.5. The van der Waals surface area contributed by atoms with Gasteiger partial charge in [-0.05, 0) is 41.5 Å². The highest BCUT2D eigenvalue weighted by Crippen LogP contribution is 2.27. The molecule has 3 N–H and O–H groups in total. The monoisotopic (exact) mass is 391 g/mol. The summed E-state index contributed by atoms with van der Waals surface area (Å²) in [5.74, 6) is -0.540. The van der Waals surface area contributed by atoms with E-state index >= 15 is 0 Å². The molecule has 28 heavy (non-hydrogen) atoms. The van der Waals surface area contributed by atoms with Crippen molar-refractivity contribution in [2.75, 3.05) is 0 Å². The number of H-pyrrole nitrogens is 1. The maximum Gasteiger partial charge on any atom is 0.266 e. The zero-order valence-electron chi connectivity index (χ0n) is 14.7. The maximum atomic E-state index is 12.8. The lowest BCUT2D eigenvalue weighted by Crippen LogP contribution is -2.41. The highest BCUT2D eigenvalue weighted by molar-refractivity contribution is 7.89. The van der Waals surface area contributed by atoms with Gasteiger partial charge >= 0.3 is 0 Å². The molecule has 0 bridgehead atoms. The van der Waals surface area contributed by atoms with E-state index in [1.807, 2.05) is 36.4 Å². The molecule has 6 nitrogen and oxygen atoms in total. The molecule has 0 saturated carbocycles. The molecule has 1 heterocycles. The molecule has 0 radical (unpaired) electrons. The van der Waals surface area contributed by atoms with Gasteiger partial charge in [0.05, 0.1) is 10.5 Å². The third-order valence-corrected chi connectivity index (χ3v) is 5.64. The first kappa shape index (κ1) is 18.0. The molecule has 0 aliphatic carbocycles. The van der Waals surface area contributed by atoms with E-state index in [9.17, 15) is 13.2 Å². The van der Waals surface area contributed by atoms with Crippen LogP contribution in [0, 0.1) is 0 Å². The van der Waals surface area contributed by atoms with Crippen LogP contribution >= 0.6 is 0 Å². The van der Waals surface area contributed by atoms with Crippen molar-refractivity contribution >= 4 is 26.8 Å². The lowest BCUT2D eigenvalue weighted by molar-refractivity contribution is 0.0947. The first-order chi connectivity index (χ1) is 13.5. The lowest BCUT2D eigenvalue weighted by Gasteiger charge is -2.11. The summed E-state index contributed by atoms with van der Waals surface area (Å²) in [6, 6.07) is 23.0. The summed E-state index contributed by atoms with van der Waals surface area (Å²) in [4.78, 5) is 18.1. The van der Waals surface area contributed by atoms with Crippen LogP contribution in [0.2, 0.25) is 0 Å². The van der Waals surface area contributed by atoms with Crippen LogP contribution in [0.1, 0.15) is 10.4 Å². The van der Waals surface area contributed by atoms with E-state index in [0.29, 0.717) is 10.9 Å². The number of rotatable bonds is 5. The molecule has 0 aliphatic heterocycles. The number of nitrogens with one attached hydrogen (secondary N) is 3. The maximum absolute atomic E-state index is 12.8. The summed E-state index contributed by atoms with van der Waals surface area (Å²) in [6.45, 7) is 0. The summed E-state index contributed by atoms with van der Waals surface area (Å²) >= 11 is 0. The Morgan fingerprint density at radius 2 is 1.50 bits per heavy atom. The predicted octanol–water partition coefficient (Wildman–Crippen LogP) is 3.46. The quantitative estimate of drug-likeness (QED) is 0.455. The van der Waals surface area contributed by atoms with Gasteiger partial charge in [-0.1, -0.05) is 48.5 Å². The van der Waals surface area contributed by atoms with Crippen molar-refractivity contribution in [3.05, 3.63) is 90.6 Å². The van der Waals surface area contributed by atoms with Crippen LogP contribution in [0.4, 0.5) is 0 Å². The van der Waals surface area contributed by atoms with Crippen LogP contribution < -0.4 is 10.3 Å². The van der Waals surface area contributed by atoms with E-state index in [-0.39, 0.29) is 4.90 Å². The standard InChI is InChI=1S/C21H17N3O3S/c25-21(23-24-28(26,27)17-9-5-2-6-10-17)19-13-16(15-7-3-1-4-8-15)14-20-18(19)11-12-22-20/h1-14,22,24H,(H,23,25). The van der Waals surface area contributed by atoms with Gasteiger partial charge in [0.2, 0.25) is 0 Å². The molecule has 0 atom stereocenters. The Balaban J connectivity index is 1.65. The Morgan fingerprint density at radius 1 is 0.821 bits per heavy atom. The minimum Gasteiger partial charge on any atom is -0.361 e. The van der Waals surface area contributed by atoms with Crippen LogP contribution in [0.5, 0.6) is 0 Å². The van der Waals surface area contributed by atoms with Crippen molar-refractivity contribution in [2.24, 2.45) is 0 Å². The van der Waals surface area contributed by atoms with Crippen LogP contribution in [0.3, 0.4) is 0 Å². The highest BCUT2D eigenvalue weighted by atomic mass is 32.2. The Morgan fingerprint density at radius 3 is 2.21 bits per heavy atom. The first-order valence-electron chi connectivity index (χ1n) is 8.58. The summed E-state index contributed by atoms with van der Waals surface area (Å²) < 4.78 is 24.7. The topological polar surface area (TPSA) is 91.1 Å². The molecule has 1 aromatic heterocycles. The third-order valence-electron chi connectivity index (χ3n) is 4.37. The second-order valence-electron chi connectivity index (χ2n) is 6.20. The summed E-state index contributed by atoms with van der Waals surface area (Å²) in [5, 5.41) is 0.705. The Bertz CT molecular complexity index is 1230. The largest absolute Gasteiger partial charge is 0.361 e. The Hall–Kier alpha value is -3.42. The molecule has 0 saturated heterocycles. The summed E-state index contributed by atoms with van der Waals surface area (Å²) in [7, 11) is -3.86. The second kappa shape index (κ2) is 7.30. The van der Waals surface area contributed by atoms with Gasteiger partial charge in [-0.2, -0.15) is 0 Å². The predicted molar refractivity (Wildman–Crippen MR) is 108 cm³/mol. The van der Waals surface area contributed by atoms with E-state index in [4.69, 9.17) is 0 Å². The van der Waals surface area contributed by atoms with Crippen molar-refractivity contribution in [3.8, 4) is 11.1 Å². The molecule has 7 heteroatoms. The van der Waals surface area contributed by atoms with Crippen molar-refractivity contribution in [3.63, 3.8) is 0 Å². The van der Waals surface area contributed by atoms with Crippen molar-refractivity contribution in [1.82, 2.24) is 15.2 Å². The molecule has 4 rings (SSSR count). The second-order valence-corrected chi connectivity index (χ2v) is 7.88. The van der Waals surface area contributed by atoms with E-state index in [0.717, 1.165) is 16.6 Å². The molecule has 4 aromatic rings. The molecular weight excluding hydrogens is 374 g/mol. The molecule has 3 aromatic carbocycles. The van der Waals surface area contributed by atoms with Gasteiger partial charge in [-0.15, -0.1) is 4.83 Å². The summed E-state index contributed by atoms with van der Waals surface area (Å²) in [5.41, 5.74) is 5.28. The average molecular weight is 391 g/mol. The zero-order chi connectivity index (χ0) is 19.6. The SMILES string of the molecule is O=C(NNS(=O)(=O)c1ccccc1)c1cc(-c2ccccc2)cc2[nH]ccc12. The fourth-order valence-corrected chi connectivity index (χ4v) is 3.85. The molecule has 0 spiro atoms. The lowest BCUT2D eigenvalue weighted by atomic mass is 10.00. The molecule has 0 unspecified atom stereocenters. The highest BCUT2D eigenvalue weighted by Gasteiger charge is 2.18. The van der Waals surface area contributed by atoms with E-state index in [1.54, 1.807) is 36.5 Å². The Kier molecular flexibility index (Phi) is 4.68. The van der Waals surface area contributed by atoms with Gasteiger partial charge in [-0.25, -0.2) is 8.42 Å². The molecular formula is C21H17N3O3S. The van der Waals surface area contributed by atoms with Crippen molar-refractivity contribution in [1.29, 1.82) is 0 Å². The van der Waals surface area contributed by atoms with Crippen LogP contribution in [-0.2, 0) is 10.0 Å². The number of hydrazine groups is 1.